The molecule has 0 aliphatic heterocycles. The van der Waals surface area contributed by atoms with Gasteiger partial charge in [0.05, 0.1) is 0 Å². The van der Waals surface area contributed by atoms with Crippen molar-refractivity contribution in [2.45, 2.75) is 6.92 Å². The molecular weight excluding hydrogens is 276 g/mol. The summed E-state index contributed by atoms with van der Waals surface area (Å²) in [6.45, 7) is 1.83. The Morgan fingerprint density at radius 3 is 2.90 bits per heavy atom. The number of halogens is 1. The Bertz CT molecular complexity index is 781. The minimum absolute atomic E-state index is 0.271. The molecule has 0 spiro atoms. The molecule has 5 heteroatoms. The van der Waals surface area contributed by atoms with Crippen molar-refractivity contribution in [2.24, 2.45) is 0 Å². The number of amides is 1. The Labute approximate surface area is 120 Å². The minimum Gasteiger partial charge on any atom is -0.451 e. The van der Waals surface area contributed by atoms with Crippen LogP contribution in [-0.2, 0) is 0 Å². The van der Waals surface area contributed by atoms with E-state index in [1.165, 1.54) is 0 Å². The van der Waals surface area contributed by atoms with Gasteiger partial charge in [-0.3, -0.25) is 4.79 Å². The fraction of sp³-hybridized carbons (Fsp3) is 0.0667. The first kappa shape index (κ1) is 12.7. The molecule has 0 saturated carbocycles. The summed E-state index contributed by atoms with van der Waals surface area (Å²) >= 11 is 5.96. The van der Waals surface area contributed by atoms with Crippen LogP contribution >= 0.6 is 11.6 Å². The van der Waals surface area contributed by atoms with Crippen molar-refractivity contribution < 1.29 is 9.21 Å². The molecule has 0 bridgehead atoms. The molecule has 0 unspecified atom stereocenters. The highest BCUT2D eigenvalue weighted by molar-refractivity contribution is 6.31. The van der Waals surface area contributed by atoms with E-state index >= 15 is 0 Å². The van der Waals surface area contributed by atoms with Gasteiger partial charge in [-0.2, -0.15) is 0 Å². The maximum atomic E-state index is 12.2. The summed E-state index contributed by atoms with van der Waals surface area (Å²) in [7, 11) is 0. The number of anilines is 1. The molecule has 100 valence electrons. The van der Waals surface area contributed by atoms with Gasteiger partial charge in [0.1, 0.15) is 11.4 Å². The van der Waals surface area contributed by atoms with E-state index in [9.17, 15) is 4.79 Å². The lowest BCUT2D eigenvalue weighted by molar-refractivity contribution is 0.0997. The normalized spacial score (nSPS) is 10.7. The zero-order chi connectivity index (χ0) is 14.1. The van der Waals surface area contributed by atoms with Crippen LogP contribution in [0.4, 0.5) is 5.82 Å². The fourth-order valence-electron chi connectivity index (χ4n) is 2.02. The van der Waals surface area contributed by atoms with Crippen LogP contribution in [-0.4, -0.2) is 10.9 Å². The molecule has 0 atom stereocenters. The third-order valence-electron chi connectivity index (χ3n) is 3.01. The van der Waals surface area contributed by atoms with Gasteiger partial charge in [0.2, 0.25) is 0 Å². The van der Waals surface area contributed by atoms with Gasteiger partial charge in [0.15, 0.2) is 5.76 Å². The number of carbonyl (C=O) groups is 1. The highest BCUT2D eigenvalue weighted by Crippen LogP contribution is 2.28. The quantitative estimate of drug-likeness (QED) is 0.773. The van der Waals surface area contributed by atoms with Crippen molar-refractivity contribution in [3.63, 3.8) is 0 Å². The number of benzene rings is 1. The number of nitrogens with zero attached hydrogens (tertiary/aromatic N) is 1. The van der Waals surface area contributed by atoms with Gasteiger partial charge in [-0.25, -0.2) is 4.98 Å². The van der Waals surface area contributed by atoms with Gasteiger partial charge in [-0.15, -0.1) is 0 Å². The van der Waals surface area contributed by atoms with Gasteiger partial charge in [0, 0.05) is 22.2 Å². The molecule has 3 aromatic rings. The van der Waals surface area contributed by atoms with Crippen LogP contribution in [0.15, 0.2) is 47.0 Å². The topological polar surface area (TPSA) is 55.1 Å². The van der Waals surface area contributed by atoms with Gasteiger partial charge in [-0.1, -0.05) is 17.7 Å². The zero-order valence-corrected chi connectivity index (χ0v) is 11.4. The second kappa shape index (κ2) is 4.98. The largest absolute Gasteiger partial charge is 0.451 e. The lowest BCUT2D eigenvalue weighted by Gasteiger charge is -2.01. The number of aryl methyl sites for hydroxylation is 1. The summed E-state index contributed by atoms with van der Waals surface area (Å²) < 4.78 is 5.59. The average Bonchev–Trinajstić information content (AvgIpc) is 2.77. The van der Waals surface area contributed by atoms with Crippen LogP contribution in [0, 0.1) is 6.92 Å². The molecule has 0 radical (unpaired) electrons. The Morgan fingerprint density at radius 2 is 2.15 bits per heavy atom. The number of fused-ring (bicyclic) bond motifs is 1. The average molecular weight is 287 g/mol. The van der Waals surface area contributed by atoms with Crippen molar-refractivity contribution in [1.82, 2.24) is 4.98 Å². The zero-order valence-electron chi connectivity index (χ0n) is 10.7. The third kappa shape index (κ3) is 2.26. The first-order valence-electron chi connectivity index (χ1n) is 6.06. The van der Waals surface area contributed by atoms with Crippen LogP contribution < -0.4 is 5.32 Å². The molecule has 3 rings (SSSR count). The van der Waals surface area contributed by atoms with E-state index in [4.69, 9.17) is 16.0 Å². The standard InChI is InChI=1S/C15H11ClN2O2/c1-9-11-8-10(16)5-6-12(11)20-14(9)15(19)18-13-4-2-3-7-17-13/h2-8H,1H3,(H,17,18,19). The maximum Gasteiger partial charge on any atom is 0.292 e. The molecular formula is C15H11ClN2O2. The summed E-state index contributed by atoms with van der Waals surface area (Å²) in [4.78, 5) is 16.3. The molecule has 4 nitrogen and oxygen atoms in total. The molecule has 1 amide bonds. The summed E-state index contributed by atoms with van der Waals surface area (Å²) in [6.07, 6.45) is 1.61. The second-order valence-corrected chi connectivity index (χ2v) is 4.80. The molecule has 2 aromatic heterocycles. The number of furan rings is 1. The van der Waals surface area contributed by atoms with E-state index in [-0.39, 0.29) is 11.7 Å². The van der Waals surface area contributed by atoms with Crippen LogP contribution in [0.3, 0.4) is 0 Å². The maximum absolute atomic E-state index is 12.2. The highest BCUT2D eigenvalue weighted by atomic mass is 35.5. The van der Waals surface area contributed by atoms with Crippen LogP contribution in [0.2, 0.25) is 5.02 Å². The number of rotatable bonds is 2. The lowest BCUT2D eigenvalue weighted by Crippen LogP contribution is -2.12. The van der Waals surface area contributed by atoms with Crippen LogP contribution in [0.25, 0.3) is 11.0 Å². The predicted molar refractivity (Wildman–Crippen MR) is 78.2 cm³/mol. The highest BCUT2D eigenvalue weighted by Gasteiger charge is 2.18. The number of carbonyl (C=O) groups excluding carboxylic acids is 1. The number of aromatic nitrogens is 1. The Kier molecular flexibility index (Phi) is 3.16. The van der Waals surface area contributed by atoms with E-state index in [0.717, 1.165) is 10.9 Å². The monoisotopic (exact) mass is 286 g/mol. The number of hydrogen-bond donors (Lipinski definition) is 1. The van der Waals surface area contributed by atoms with Crippen molar-refractivity contribution in [3.8, 4) is 0 Å². The van der Waals surface area contributed by atoms with Crippen LogP contribution in [0.5, 0.6) is 0 Å². The molecule has 2 heterocycles. The Morgan fingerprint density at radius 1 is 1.30 bits per heavy atom. The Balaban J connectivity index is 1.98. The van der Waals surface area contributed by atoms with E-state index in [2.05, 4.69) is 10.3 Å². The van der Waals surface area contributed by atoms with E-state index in [0.29, 0.717) is 16.4 Å². The van der Waals surface area contributed by atoms with E-state index in [1.54, 1.807) is 42.6 Å². The molecule has 1 N–H and O–H groups in total. The summed E-state index contributed by atoms with van der Waals surface area (Å²) in [5.74, 6) is 0.428. The molecule has 0 saturated heterocycles. The SMILES string of the molecule is Cc1c(C(=O)Nc2ccccn2)oc2ccc(Cl)cc12. The van der Waals surface area contributed by atoms with Gasteiger partial charge in [0.25, 0.3) is 5.91 Å². The first-order valence-corrected chi connectivity index (χ1v) is 6.44. The third-order valence-corrected chi connectivity index (χ3v) is 3.25. The second-order valence-electron chi connectivity index (χ2n) is 4.37. The number of pyridine rings is 1. The predicted octanol–water partition coefficient (Wildman–Crippen LogP) is 4.04. The summed E-state index contributed by atoms with van der Waals surface area (Å²) in [5, 5.41) is 4.14. The smallest absolute Gasteiger partial charge is 0.292 e. The summed E-state index contributed by atoms with van der Waals surface area (Å²) in [6, 6.07) is 10.6. The van der Waals surface area contributed by atoms with Crippen molar-refractivity contribution >= 4 is 34.3 Å². The van der Waals surface area contributed by atoms with Crippen molar-refractivity contribution in [1.29, 1.82) is 0 Å². The molecule has 0 aliphatic carbocycles. The van der Waals surface area contributed by atoms with Crippen molar-refractivity contribution in [2.75, 3.05) is 5.32 Å². The number of hydrogen-bond acceptors (Lipinski definition) is 3. The van der Waals surface area contributed by atoms with E-state index in [1.807, 2.05) is 6.92 Å². The Hall–Kier alpha value is -2.33. The number of nitrogens with one attached hydrogen (secondary N) is 1. The fourth-order valence-corrected chi connectivity index (χ4v) is 2.19. The molecule has 20 heavy (non-hydrogen) atoms. The van der Waals surface area contributed by atoms with Crippen molar-refractivity contribution in [3.05, 3.63) is 58.9 Å². The molecule has 0 fully saturated rings. The van der Waals surface area contributed by atoms with Gasteiger partial charge in [-0.05, 0) is 37.3 Å². The molecule has 1 aromatic carbocycles. The van der Waals surface area contributed by atoms with E-state index < -0.39 is 0 Å². The first-order chi connectivity index (χ1) is 9.65. The minimum atomic E-state index is -0.325. The lowest BCUT2D eigenvalue weighted by atomic mass is 10.1. The van der Waals surface area contributed by atoms with Gasteiger partial charge < -0.3 is 9.73 Å². The van der Waals surface area contributed by atoms with Crippen LogP contribution in [0.1, 0.15) is 16.1 Å². The molecule has 0 aliphatic rings. The summed E-state index contributed by atoms with van der Waals surface area (Å²) in [5.41, 5.74) is 1.40. The van der Waals surface area contributed by atoms with Gasteiger partial charge >= 0.3 is 0 Å².